The van der Waals surface area contributed by atoms with Crippen molar-refractivity contribution in [2.75, 3.05) is 17.3 Å². The first-order valence-electron chi connectivity index (χ1n) is 11.3. The normalized spacial score (nSPS) is 12.0. The molecule has 5 aromatic rings. The number of nitrogen functional groups attached to an aromatic ring is 1. The minimum atomic E-state index is -3.60. The summed E-state index contributed by atoms with van der Waals surface area (Å²) in [5, 5.41) is 9.55. The van der Waals surface area contributed by atoms with Gasteiger partial charge in [0.2, 0.25) is 5.95 Å². The van der Waals surface area contributed by atoms with Crippen LogP contribution in [-0.2, 0) is 16.4 Å². The highest BCUT2D eigenvalue weighted by molar-refractivity contribution is 7.90. The molecule has 0 atom stereocenters. The van der Waals surface area contributed by atoms with Gasteiger partial charge in [-0.05, 0) is 36.8 Å². The quantitative estimate of drug-likeness (QED) is 0.291. The van der Waals surface area contributed by atoms with E-state index in [4.69, 9.17) is 5.73 Å². The number of fused-ring (bicyclic) bond motifs is 2. The lowest BCUT2D eigenvalue weighted by Gasteiger charge is -2.10. The van der Waals surface area contributed by atoms with E-state index >= 15 is 0 Å². The van der Waals surface area contributed by atoms with E-state index in [2.05, 4.69) is 25.5 Å². The van der Waals surface area contributed by atoms with Crippen LogP contribution in [0, 0.1) is 11.6 Å². The van der Waals surface area contributed by atoms with Crippen molar-refractivity contribution in [1.82, 2.24) is 29.3 Å². The van der Waals surface area contributed by atoms with Crippen LogP contribution < -0.4 is 16.7 Å². The fraction of sp³-hybridized carbons (Fsp3) is 0.217. The lowest BCUT2D eigenvalue weighted by Crippen LogP contribution is -2.23. The summed E-state index contributed by atoms with van der Waals surface area (Å²) >= 11 is 0. The summed E-state index contributed by atoms with van der Waals surface area (Å²) in [6.07, 6.45) is 3.85. The molecular formula is C23H22F2N8O3S. The summed E-state index contributed by atoms with van der Waals surface area (Å²) in [6.45, 7) is 2.29. The summed E-state index contributed by atoms with van der Waals surface area (Å²) in [6, 6.07) is 6.05. The maximum absolute atomic E-state index is 14.7. The van der Waals surface area contributed by atoms with Crippen LogP contribution in [0.2, 0.25) is 0 Å². The van der Waals surface area contributed by atoms with E-state index in [-0.39, 0.29) is 39.0 Å². The van der Waals surface area contributed by atoms with E-state index in [0.717, 1.165) is 18.7 Å². The number of rotatable bonds is 7. The van der Waals surface area contributed by atoms with E-state index in [9.17, 15) is 22.0 Å². The van der Waals surface area contributed by atoms with Gasteiger partial charge in [-0.25, -0.2) is 22.0 Å². The number of nitrogens with two attached hydrogens (primary N) is 1. The summed E-state index contributed by atoms with van der Waals surface area (Å²) in [5.74, 6) is -1.53. The molecule has 11 nitrogen and oxygen atoms in total. The largest absolute Gasteiger partial charge is 0.382 e. The number of unbranched alkanes of at least 4 members (excludes halogenated alkanes) is 1. The summed E-state index contributed by atoms with van der Waals surface area (Å²) in [5.41, 5.74) is 6.63. The van der Waals surface area contributed by atoms with Gasteiger partial charge in [0.25, 0.3) is 0 Å². The van der Waals surface area contributed by atoms with Crippen LogP contribution in [0.25, 0.3) is 27.8 Å². The summed E-state index contributed by atoms with van der Waals surface area (Å²) in [4.78, 5) is 22.1. The van der Waals surface area contributed by atoms with E-state index < -0.39 is 27.2 Å². The Balaban J connectivity index is 1.69. The third kappa shape index (κ3) is 4.18. The molecule has 0 aliphatic carbocycles. The smallest absolute Gasteiger partial charge is 0.335 e. The number of aryl methyl sites for hydroxylation is 1. The van der Waals surface area contributed by atoms with Crippen LogP contribution >= 0.6 is 0 Å². The van der Waals surface area contributed by atoms with Crippen molar-refractivity contribution in [2.45, 2.75) is 31.2 Å². The zero-order chi connectivity index (χ0) is 26.5. The minimum Gasteiger partial charge on any atom is -0.382 e. The second kappa shape index (κ2) is 8.96. The van der Waals surface area contributed by atoms with Crippen molar-refractivity contribution >= 4 is 49.4 Å². The van der Waals surface area contributed by atoms with E-state index in [1.807, 2.05) is 6.92 Å². The number of aromatic nitrogens is 6. The van der Waals surface area contributed by atoms with E-state index in [0.29, 0.717) is 24.0 Å². The molecule has 4 N–H and O–H groups in total. The molecule has 0 saturated carbocycles. The Hall–Kier alpha value is -4.33. The number of hydrogen-bond donors (Lipinski definition) is 3. The lowest BCUT2D eigenvalue weighted by molar-refractivity contribution is 0.596. The van der Waals surface area contributed by atoms with Gasteiger partial charge in [-0.2, -0.15) is 15.1 Å². The van der Waals surface area contributed by atoms with Crippen molar-refractivity contribution < 1.29 is 17.2 Å². The number of aromatic amines is 1. The van der Waals surface area contributed by atoms with Gasteiger partial charge >= 0.3 is 5.69 Å². The van der Waals surface area contributed by atoms with Gasteiger partial charge in [0, 0.05) is 18.2 Å². The third-order valence-corrected chi connectivity index (χ3v) is 7.04. The molecule has 0 unspecified atom stereocenters. The average Bonchev–Trinajstić information content (AvgIpc) is 3.43. The van der Waals surface area contributed by atoms with Crippen molar-refractivity contribution in [3.63, 3.8) is 0 Å². The van der Waals surface area contributed by atoms with Crippen molar-refractivity contribution in [1.29, 1.82) is 0 Å². The Morgan fingerprint density at radius 1 is 1.14 bits per heavy atom. The molecule has 192 valence electrons. The van der Waals surface area contributed by atoms with Gasteiger partial charge in [0.1, 0.15) is 22.7 Å². The zero-order valence-electron chi connectivity index (χ0n) is 19.8. The number of nitrogens with one attached hydrogen (secondary N) is 2. The lowest BCUT2D eigenvalue weighted by atomic mass is 10.2. The Morgan fingerprint density at radius 3 is 2.62 bits per heavy atom. The minimum absolute atomic E-state index is 0.0750. The molecule has 3 heterocycles. The maximum Gasteiger partial charge on any atom is 0.335 e. The van der Waals surface area contributed by atoms with Crippen LogP contribution in [0.1, 0.15) is 19.8 Å². The van der Waals surface area contributed by atoms with Gasteiger partial charge < -0.3 is 11.1 Å². The number of hydrogen-bond acceptors (Lipinski definition) is 8. The number of imidazole rings is 1. The second-order valence-corrected chi connectivity index (χ2v) is 10.5. The topological polar surface area (TPSA) is 154 Å². The second-order valence-electron chi connectivity index (χ2n) is 8.49. The number of benzene rings is 2. The van der Waals surface area contributed by atoms with Gasteiger partial charge in [0.15, 0.2) is 21.3 Å². The van der Waals surface area contributed by atoms with E-state index in [1.165, 1.54) is 39.6 Å². The fourth-order valence-electron chi connectivity index (χ4n) is 4.10. The Bertz CT molecular complexity index is 1840. The number of anilines is 3. The van der Waals surface area contributed by atoms with Gasteiger partial charge in [-0.3, -0.25) is 14.2 Å². The molecule has 5 rings (SSSR count). The van der Waals surface area contributed by atoms with Gasteiger partial charge in [0.05, 0.1) is 22.5 Å². The Labute approximate surface area is 208 Å². The molecule has 37 heavy (non-hydrogen) atoms. The molecule has 14 heteroatoms. The Morgan fingerprint density at radius 2 is 1.92 bits per heavy atom. The fourth-order valence-corrected chi connectivity index (χ4v) is 4.73. The highest BCUT2D eigenvalue weighted by atomic mass is 32.2. The first-order valence-corrected chi connectivity index (χ1v) is 13.2. The molecule has 0 spiro atoms. The standard InChI is InChI=1S/C23H22F2N8O3S/c1-3-4-9-32-21-19(33(23(32)34)17-8-6-14(24)18-13(17)11-27-31-18)20(26)29-22(30-21)28-16-7-5-12(10-15(16)25)37(2,35)36/h5-8,10-11H,3-4,9H2,1-2H3,(H,27,31)(H3,26,28,29,30). The number of nitrogens with zero attached hydrogens (tertiary/aromatic N) is 5. The Kier molecular flexibility index (Phi) is 5.90. The average molecular weight is 529 g/mol. The van der Waals surface area contributed by atoms with Gasteiger partial charge in [-0.1, -0.05) is 13.3 Å². The number of halogens is 2. The van der Waals surface area contributed by atoms with Crippen LogP contribution in [-0.4, -0.2) is 44.0 Å². The molecule has 0 bridgehead atoms. The summed E-state index contributed by atoms with van der Waals surface area (Å²) in [7, 11) is -3.60. The number of H-pyrrole nitrogens is 1. The third-order valence-electron chi connectivity index (χ3n) is 5.93. The molecule has 0 fully saturated rings. The maximum atomic E-state index is 14.7. The van der Waals surface area contributed by atoms with Crippen LogP contribution in [0.5, 0.6) is 0 Å². The van der Waals surface area contributed by atoms with Crippen LogP contribution in [0.3, 0.4) is 0 Å². The van der Waals surface area contributed by atoms with E-state index in [1.54, 1.807) is 0 Å². The first kappa shape index (κ1) is 24.4. The highest BCUT2D eigenvalue weighted by Crippen LogP contribution is 2.29. The molecular weight excluding hydrogens is 506 g/mol. The molecule has 0 aliphatic rings. The predicted molar refractivity (Wildman–Crippen MR) is 135 cm³/mol. The summed E-state index contributed by atoms with van der Waals surface area (Å²) < 4.78 is 55.1. The molecule has 2 aromatic carbocycles. The van der Waals surface area contributed by atoms with Crippen molar-refractivity contribution in [3.05, 3.63) is 58.6 Å². The van der Waals surface area contributed by atoms with Crippen LogP contribution in [0.4, 0.5) is 26.2 Å². The number of sulfone groups is 1. The highest BCUT2D eigenvalue weighted by Gasteiger charge is 2.23. The molecule has 0 saturated heterocycles. The van der Waals surface area contributed by atoms with Gasteiger partial charge in [-0.15, -0.1) is 0 Å². The van der Waals surface area contributed by atoms with Crippen molar-refractivity contribution in [2.24, 2.45) is 0 Å². The molecule has 0 aliphatic heterocycles. The molecule has 0 amide bonds. The van der Waals surface area contributed by atoms with Crippen LogP contribution in [0.15, 0.2) is 46.2 Å². The zero-order valence-corrected chi connectivity index (χ0v) is 20.6. The predicted octanol–water partition coefficient (Wildman–Crippen LogP) is 3.27. The molecule has 3 aromatic heterocycles. The monoisotopic (exact) mass is 528 g/mol. The first-order chi connectivity index (χ1) is 17.6. The SMILES string of the molecule is CCCCn1c(=O)n(-c2ccc(F)c3[nH]ncc23)c2c(N)nc(Nc3ccc(S(C)(=O)=O)cc3F)nc21. The van der Waals surface area contributed by atoms with Crippen molar-refractivity contribution in [3.8, 4) is 5.69 Å². The molecule has 0 radical (unpaired) electrons.